The molecule has 0 aliphatic carbocycles. The summed E-state index contributed by atoms with van der Waals surface area (Å²) >= 11 is 16.2. The highest BCUT2D eigenvalue weighted by atomic mass is 35.5. The second kappa shape index (κ2) is 14.8. The van der Waals surface area contributed by atoms with Crippen LogP contribution >= 0.6 is 58.5 Å². The summed E-state index contributed by atoms with van der Waals surface area (Å²) in [5, 5.41) is 24.5. The Morgan fingerprint density at radius 1 is 1.21 bits per heavy atom. The molecular weight excluding hydrogens is 643 g/mol. The number of β-lactam (4-membered cyclic amide) rings is 1. The summed E-state index contributed by atoms with van der Waals surface area (Å²) in [6.07, 6.45) is 4.56. The molecule has 2 amide bonds. The number of nitrogens with zero attached hydrogens (tertiary/aromatic N) is 2. The van der Waals surface area contributed by atoms with Crippen molar-refractivity contribution in [2.75, 3.05) is 23.8 Å². The van der Waals surface area contributed by atoms with Crippen molar-refractivity contribution in [3.8, 4) is 0 Å². The normalized spacial score (nSPS) is 18.7. The van der Waals surface area contributed by atoms with Crippen molar-refractivity contribution in [3.63, 3.8) is 0 Å². The van der Waals surface area contributed by atoms with Crippen LogP contribution in [0.25, 0.3) is 0 Å². The minimum absolute atomic E-state index is 0.0172. The Kier molecular flexibility index (Phi) is 11.5. The Labute approximate surface area is 265 Å². The van der Waals surface area contributed by atoms with Crippen molar-refractivity contribution < 1.29 is 34.0 Å². The van der Waals surface area contributed by atoms with Crippen LogP contribution in [-0.4, -0.2) is 69.0 Å². The number of carbonyl (C=O) groups is 4. The molecule has 2 aliphatic rings. The molecule has 2 aromatic rings. The van der Waals surface area contributed by atoms with Gasteiger partial charge >= 0.3 is 5.97 Å². The number of halogens is 2. The number of fused-ring (bicyclic) bond motifs is 1. The number of aromatic nitrogens is 1. The third kappa shape index (κ3) is 7.94. The molecule has 3 atom stereocenters. The zero-order chi connectivity index (χ0) is 30.4. The van der Waals surface area contributed by atoms with Crippen LogP contribution < -0.4 is 20.7 Å². The smallest absolute Gasteiger partial charge is 0.352 e. The lowest BCUT2D eigenvalue weighted by Gasteiger charge is -2.49. The van der Waals surface area contributed by atoms with Gasteiger partial charge in [-0.15, -0.1) is 35.3 Å². The predicted octanol–water partition coefficient (Wildman–Crippen LogP) is 2.01. The minimum atomic E-state index is -1.20. The number of aliphatic carboxylic acids is 2. The van der Waals surface area contributed by atoms with E-state index >= 15 is 0 Å². The number of nitrogens with two attached hydrogens (primary N) is 1. The van der Waals surface area contributed by atoms with E-state index in [0.717, 1.165) is 4.90 Å². The van der Waals surface area contributed by atoms with Crippen LogP contribution in [0.5, 0.6) is 0 Å². The zero-order valence-corrected chi connectivity index (χ0v) is 26.1. The molecule has 0 spiro atoms. The Morgan fingerprint density at radius 2 is 1.95 bits per heavy atom. The molecule has 0 unspecified atom stereocenters. The molecule has 1 aromatic heterocycles. The third-order valence-corrected chi connectivity index (χ3v) is 10.8. The van der Waals surface area contributed by atoms with E-state index in [4.69, 9.17) is 28.9 Å². The largest absolute Gasteiger partial charge is 0.550 e. The number of hydrogen-bond acceptors (Lipinski definition) is 9. The van der Waals surface area contributed by atoms with Crippen LogP contribution in [0.3, 0.4) is 0 Å². The topological polar surface area (TPSA) is 157 Å². The predicted molar refractivity (Wildman–Crippen MR) is 161 cm³/mol. The number of benzene rings is 1. The number of hydrogen-bond donors (Lipinski definition) is 3. The summed E-state index contributed by atoms with van der Waals surface area (Å²) in [7, 11) is 0. The van der Waals surface area contributed by atoms with Gasteiger partial charge in [0.25, 0.3) is 5.91 Å². The first-order valence-corrected chi connectivity index (χ1v) is 16.7. The fraction of sp³-hybridized carbons (Fsp3) is 0.370. The van der Waals surface area contributed by atoms with E-state index < -0.39 is 35.2 Å². The molecule has 42 heavy (non-hydrogen) atoms. The maximum absolute atomic E-state index is 13.0. The second-order valence-corrected chi connectivity index (χ2v) is 13.6. The maximum atomic E-state index is 13.0. The zero-order valence-electron chi connectivity index (χ0n) is 22.2. The molecule has 1 fully saturated rings. The van der Waals surface area contributed by atoms with Crippen molar-refractivity contribution in [2.24, 2.45) is 11.7 Å². The number of pyridine rings is 1. The minimum Gasteiger partial charge on any atom is -0.550 e. The lowest BCUT2D eigenvalue weighted by atomic mass is 10.0. The molecule has 224 valence electrons. The number of carbonyl (C=O) groups excluding carboxylic acids is 3. The molecule has 0 radical (unpaired) electrons. The number of carboxylic acid groups (broad SMARTS) is 2. The number of thioether (sulfide) groups is 3. The molecule has 4 rings (SSSR count). The molecule has 2 aliphatic heterocycles. The highest BCUT2D eigenvalue weighted by Crippen LogP contribution is 2.41. The van der Waals surface area contributed by atoms with Crippen molar-refractivity contribution in [1.29, 1.82) is 0 Å². The first-order valence-electron chi connectivity index (χ1n) is 12.9. The maximum Gasteiger partial charge on any atom is 0.352 e. The summed E-state index contributed by atoms with van der Waals surface area (Å²) in [4.78, 5) is 51.9. The third-order valence-electron chi connectivity index (χ3n) is 6.61. The van der Waals surface area contributed by atoms with Crippen LogP contribution in [0.15, 0.2) is 63.8 Å². The quantitative estimate of drug-likeness (QED) is 0.154. The molecule has 1 saturated heterocycles. The summed E-state index contributed by atoms with van der Waals surface area (Å²) in [6.45, 7) is 0.677. The van der Waals surface area contributed by atoms with E-state index in [2.05, 4.69) is 5.32 Å². The van der Waals surface area contributed by atoms with Crippen molar-refractivity contribution in [1.82, 2.24) is 10.2 Å². The van der Waals surface area contributed by atoms with E-state index in [1.54, 1.807) is 35.2 Å². The standard InChI is InChI=1S/C27H28Cl2N4O6S3/c28-17-3-4-19(29)20(10-17)41-14-21(34)31-22-24(35)33-23(27(38)39)16(13-42-25(22)33)12-40-18-5-8-32(9-6-18)11-15(26(36)37)2-1-7-30/h3-6,8-10,15,22,25H,1-2,7,11-14,30H2,(H2-,31,34,36,37,38,39)/t15-,22+,25+/m0/s1. The molecular formula is C27H28Cl2N4O6S3. The average Bonchev–Trinajstić information content (AvgIpc) is 2.97. The summed E-state index contributed by atoms with van der Waals surface area (Å²) in [5.74, 6) is -3.03. The molecule has 10 nitrogen and oxygen atoms in total. The van der Waals surface area contributed by atoms with E-state index in [9.17, 15) is 29.4 Å². The summed E-state index contributed by atoms with van der Waals surface area (Å²) in [5.41, 5.74) is 6.05. The van der Waals surface area contributed by atoms with Gasteiger partial charge in [0.15, 0.2) is 18.9 Å². The van der Waals surface area contributed by atoms with Crippen LogP contribution in [0.1, 0.15) is 12.8 Å². The number of carboxylic acids is 2. The first-order chi connectivity index (χ1) is 20.1. The van der Waals surface area contributed by atoms with Crippen molar-refractivity contribution in [2.45, 2.75) is 40.6 Å². The molecule has 0 bridgehead atoms. The van der Waals surface area contributed by atoms with Gasteiger partial charge in [0.2, 0.25) is 5.91 Å². The lowest BCUT2D eigenvalue weighted by molar-refractivity contribution is -0.702. The Hall–Kier alpha value is -2.42. The van der Waals surface area contributed by atoms with Gasteiger partial charge in [-0.2, -0.15) is 0 Å². The van der Waals surface area contributed by atoms with Gasteiger partial charge in [-0.25, -0.2) is 9.36 Å². The fourth-order valence-electron chi connectivity index (χ4n) is 4.48. The van der Waals surface area contributed by atoms with Gasteiger partial charge in [-0.3, -0.25) is 14.5 Å². The molecule has 4 N–H and O–H groups in total. The van der Waals surface area contributed by atoms with Gasteiger partial charge in [0.1, 0.15) is 17.1 Å². The lowest BCUT2D eigenvalue weighted by Crippen LogP contribution is -2.70. The van der Waals surface area contributed by atoms with Crippen molar-refractivity contribution >= 4 is 82.2 Å². The molecule has 0 saturated carbocycles. The monoisotopic (exact) mass is 670 g/mol. The molecule has 3 heterocycles. The fourth-order valence-corrected chi connectivity index (χ4v) is 8.15. The van der Waals surface area contributed by atoms with Gasteiger partial charge < -0.3 is 26.1 Å². The Morgan fingerprint density at radius 3 is 2.62 bits per heavy atom. The number of rotatable bonds is 14. The summed E-state index contributed by atoms with van der Waals surface area (Å²) in [6, 6.07) is 7.78. The van der Waals surface area contributed by atoms with Gasteiger partial charge in [0.05, 0.1) is 22.7 Å². The number of amides is 2. The van der Waals surface area contributed by atoms with E-state index in [1.165, 1.54) is 40.2 Å². The van der Waals surface area contributed by atoms with Crippen LogP contribution in [0.4, 0.5) is 0 Å². The van der Waals surface area contributed by atoms with Crippen LogP contribution in [0, 0.1) is 5.92 Å². The van der Waals surface area contributed by atoms with E-state index in [1.807, 2.05) is 12.1 Å². The average molecular weight is 672 g/mol. The molecule has 15 heteroatoms. The summed E-state index contributed by atoms with van der Waals surface area (Å²) < 4.78 is 1.76. The van der Waals surface area contributed by atoms with Crippen LogP contribution in [-0.2, 0) is 25.7 Å². The van der Waals surface area contributed by atoms with Crippen molar-refractivity contribution in [3.05, 3.63) is 64.0 Å². The molecule has 1 aromatic carbocycles. The first kappa shape index (κ1) is 32.5. The van der Waals surface area contributed by atoms with Gasteiger partial charge in [0, 0.05) is 38.5 Å². The van der Waals surface area contributed by atoms with Crippen LogP contribution in [0.2, 0.25) is 10.0 Å². The highest BCUT2D eigenvalue weighted by molar-refractivity contribution is 8.01. The van der Waals surface area contributed by atoms with Gasteiger partial charge in [-0.05, 0) is 43.2 Å². The number of nitrogens with one attached hydrogen (secondary N) is 1. The van der Waals surface area contributed by atoms with E-state index in [0.29, 0.717) is 51.4 Å². The van der Waals surface area contributed by atoms with Gasteiger partial charge in [-0.1, -0.05) is 23.2 Å². The highest BCUT2D eigenvalue weighted by Gasteiger charge is 2.54. The Bertz CT molecular complexity index is 1390. The van der Waals surface area contributed by atoms with E-state index in [-0.39, 0.29) is 23.9 Å². The SMILES string of the molecule is NCCC[C@@H](C[n+]1ccc(SCC2=C(C(=O)O)N3C(=O)[C@@H](NC(=O)CSc4cc(Cl)ccc4Cl)[C@H]3SC2)cc1)C(=O)[O-]. The Balaban J connectivity index is 1.34. The second-order valence-electron chi connectivity index (χ2n) is 9.54.